The molecule has 0 spiro atoms. The van der Waals surface area contributed by atoms with Crippen molar-refractivity contribution in [2.75, 3.05) is 16.6 Å². The summed E-state index contributed by atoms with van der Waals surface area (Å²) in [5.74, 6) is 0.333. The molecular formula is C24H26N2O4S. The van der Waals surface area contributed by atoms with Crippen molar-refractivity contribution in [3.63, 3.8) is 0 Å². The summed E-state index contributed by atoms with van der Waals surface area (Å²) in [6, 6.07) is 18.5. The summed E-state index contributed by atoms with van der Waals surface area (Å²) < 4.78 is 33.5. The van der Waals surface area contributed by atoms with Gasteiger partial charge in [0.15, 0.2) is 0 Å². The number of carbonyl (C=O) groups excluding carboxylic acids is 1. The summed E-state index contributed by atoms with van der Waals surface area (Å²) in [6.45, 7) is 6.41. The number of rotatable bonds is 8. The van der Waals surface area contributed by atoms with E-state index in [1.54, 1.807) is 48.5 Å². The molecule has 0 saturated heterocycles. The molecule has 0 aliphatic carbocycles. The lowest BCUT2D eigenvalue weighted by atomic mass is 10.1. The van der Waals surface area contributed by atoms with E-state index in [0.717, 1.165) is 17.5 Å². The summed E-state index contributed by atoms with van der Waals surface area (Å²) in [4.78, 5) is 12.6. The predicted octanol–water partition coefficient (Wildman–Crippen LogP) is 5.15. The van der Waals surface area contributed by atoms with Crippen LogP contribution < -0.4 is 14.8 Å². The minimum atomic E-state index is -3.74. The first-order chi connectivity index (χ1) is 14.8. The van der Waals surface area contributed by atoms with Crippen LogP contribution in [0.4, 0.5) is 11.4 Å². The number of nitrogens with one attached hydrogen (secondary N) is 2. The molecular weight excluding hydrogens is 412 g/mol. The van der Waals surface area contributed by atoms with E-state index in [9.17, 15) is 13.2 Å². The van der Waals surface area contributed by atoms with E-state index in [2.05, 4.69) is 10.0 Å². The number of anilines is 2. The van der Waals surface area contributed by atoms with Gasteiger partial charge in [-0.2, -0.15) is 0 Å². The van der Waals surface area contributed by atoms with Crippen LogP contribution in [0.15, 0.2) is 71.6 Å². The Labute approximate surface area is 183 Å². The van der Waals surface area contributed by atoms with Crippen LogP contribution in [-0.4, -0.2) is 20.9 Å². The number of carbonyl (C=O) groups is 1. The third kappa shape index (κ3) is 6.08. The topological polar surface area (TPSA) is 84.5 Å². The van der Waals surface area contributed by atoms with Gasteiger partial charge in [0.05, 0.1) is 11.5 Å². The molecule has 0 bridgehead atoms. The Balaban J connectivity index is 1.70. The second-order valence-electron chi connectivity index (χ2n) is 7.34. The maximum absolute atomic E-state index is 12.7. The van der Waals surface area contributed by atoms with Gasteiger partial charge in [-0.1, -0.05) is 19.1 Å². The molecule has 6 nitrogen and oxygen atoms in total. The molecule has 7 heteroatoms. The van der Waals surface area contributed by atoms with E-state index >= 15 is 0 Å². The molecule has 0 radical (unpaired) electrons. The quantitative estimate of drug-likeness (QED) is 0.510. The minimum Gasteiger partial charge on any atom is -0.494 e. The fourth-order valence-electron chi connectivity index (χ4n) is 3.12. The molecule has 0 heterocycles. The van der Waals surface area contributed by atoms with Gasteiger partial charge in [0.25, 0.3) is 15.9 Å². The number of ether oxygens (including phenoxy) is 1. The predicted molar refractivity (Wildman–Crippen MR) is 123 cm³/mol. The fourth-order valence-corrected chi connectivity index (χ4v) is 4.16. The van der Waals surface area contributed by atoms with E-state index in [-0.39, 0.29) is 10.8 Å². The van der Waals surface area contributed by atoms with Crippen molar-refractivity contribution in [3.8, 4) is 5.75 Å². The lowest BCUT2D eigenvalue weighted by molar-refractivity contribution is 0.102. The molecule has 3 aromatic rings. The van der Waals surface area contributed by atoms with Crippen molar-refractivity contribution < 1.29 is 17.9 Å². The van der Waals surface area contributed by atoms with Gasteiger partial charge >= 0.3 is 0 Å². The highest BCUT2D eigenvalue weighted by atomic mass is 32.2. The monoisotopic (exact) mass is 438 g/mol. The highest BCUT2D eigenvalue weighted by Gasteiger charge is 2.15. The van der Waals surface area contributed by atoms with E-state index in [4.69, 9.17) is 4.74 Å². The van der Waals surface area contributed by atoms with Gasteiger partial charge in [-0.15, -0.1) is 0 Å². The zero-order chi connectivity index (χ0) is 22.4. The number of hydrogen-bond acceptors (Lipinski definition) is 4. The highest BCUT2D eigenvalue weighted by molar-refractivity contribution is 7.92. The number of sulfonamides is 1. The van der Waals surface area contributed by atoms with Crippen LogP contribution in [0.3, 0.4) is 0 Å². The first kappa shape index (κ1) is 22.4. The van der Waals surface area contributed by atoms with E-state index in [0.29, 0.717) is 29.3 Å². The molecule has 0 aromatic heterocycles. The summed E-state index contributed by atoms with van der Waals surface area (Å²) in [7, 11) is -3.74. The van der Waals surface area contributed by atoms with Crippen LogP contribution in [0.5, 0.6) is 5.75 Å². The van der Waals surface area contributed by atoms with Crippen molar-refractivity contribution in [3.05, 3.63) is 83.4 Å². The Bertz CT molecular complexity index is 1150. The highest BCUT2D eigenvalue weighted by Crippen LogP contribution is 2.21. The van der Waals surface area contributed by atoms with Crippen molar-refractivity contribution in [2.45, 2.75) is 32.1 Å². The molecule has 1 amide bonds. The number of aryl methyl sites for hydroxylation is 2. The number of amides is 1. The van der Waals surface area contributed by atoms with Crippen LogP contribution in [0.1, 0.15) is 34.8 Å². The molecule has 162 valence electrons. The van der Waals surface area contributed by atoms with Crippen LogP contribution >= 0.6 is 0 Å². The largest absolute Gasteiger partial charge is 0.494 e. The first-order valence-corrected chi connectivity index (χ1v) is 11.5. The minimum absolute atomic E-state index is 0.111. The summed E-state index contributed by atoms with van der Waals surface area (Å²) >= 11 is 0. The van der Waals surface area contributed by atoms with E-state index < -0.39 is 10.0 Å². The van der Waals surface area contributed by atoms with Gasteiger partial charge in [-0.25, -0.2) is 8.42 Å². The molecule has 0 saturated carbocycles. The Hall–Kier alpha value is -3.32. The third-order valence-corrected chi connectivity index (χ3v) is 5.86. The maximum Gasteiger partial charge on any atom is 0.261 e. The zero-order valence-electron chi connectivity index (χ0n) is 17.8. The van der Waals surface area contributed by atoms with Gasteiger partial charge in [0.2, 0.25) is 0 Å². The fraction of sp³-hybridized carbons (Fsp3) is 0.208. The van der Waals surface area contributed by atoms with Crippen LogP contribution in [0.25, 0.3) is 0 Å². The van der Waals surface area contributed by atoms with Crippen molar-refractivity contribution >= 4 is 27.3 Å². The number of benzene rings is 3. The van der Waals surface area contributed by atoms with Gasteiger partial charge in [-0.3, -0.25) is 9.52 Å². The maximum atomic E-state index is 12.7. The average Bonchev–Trinajstić information content (AvgIpc) is 2.71. The van der Waals surface area contributed by atoms with Gasteiger partial charge in [0, 0.05) is 16.9 Å². The van der Waals surface area contributed by atoms with Crippen molar-refractivity contribution in [2.24, 2.45) is 0 Å². The second kappa shape index (κ2) is 9.66. The molecule has 0 atom stereocenters. The van der Waals surface area contributed by atoms with E-state index in [1.807, 2.05) is 26.8 Å². The molecule has 0 unspecified atom stereocenters. The summed E-state index contributed by atoms with van der Waals surface area (Å²) in [6.07, 6.45) is 0.879. The lowest BCUT2D eigenvalue weighted by Gasteiger charge is -2.11. The van der Waals surface area contributed by atoms with Crippen molar-refractivity contribution in [1.82, 2.24) is 0 Å². The normalized spacial score (nSPS) is 11.1. The van der Waals surface area contributed by atoms with Gasteiger partial charge in [-0.05, 0) is 86.0 Å². The Morgan fingerprint density at radius 1 is 0.903 bits per heavy atom. The molecule has 2 N–H and O–H groups in total. The molecule has 0 aliphatic rings. The van der Waals surface area contributed by atoms with E-state index in [1.165, 1.54) is 12.1 Å². The van der Waals surface area contributed by atoms with Crippen molar-refractivity contribution in [1.29, 1.82) is 0 Å². The summed E-state index contributed by atoms with van der Waals surface area (Å²) in [5, 5.41) is 2.78. The summed E-state index contributed by atoms with van der Waals surface area (Å²) in [5.41, 5.74) is 3.41. The molecule has 31 heavy (non-hydrogen) atoms. The molecule has 0 aliphatic heterocycles. The standard InChI is InChI=1S/C24H26N2O4S/c1-4-12-30-22-7-5-6-19(16-22)24(27)25-20-8-10-23(11-9-20)31(28,29)26-21-14-17(2)13-18(3)15-21/h5-11,13-16,26H,4,12H2,1-3H3,(H,25,27). The molecule has 0 fully saturated rings. The smallest absolute Gasteiger partial charge is 0.261 e. The number of hydrogen-bond donors (Lipinski definition) is 2. The zero-order valence-corrected chi connectivity index (χ0v) is 18.6. The Kier molecular flexibility index (Phi) is 6.97. The van der Waals surface area contributed by atoms with Gasteiger partial charge in [0.1, 0.15) is 5.75 Å². The van der Waals surface area contributed by atoms with Crippen LogP contribution in [-0.2, 0) is 10.0 Å². The lowest BCUT2D eigenvalue weighted by Crippen LogP contribution is -2.14. The van der Waals surface area contributed by atoms with Crippen LogP contribution in [0, 0.1) is 13.8 Å². The molecule has 3 rings (SSSR count). The van der Waals surface area contributed by atoms with Gasteiger partial charge < -0.3 is 10.1 Å². The first-order valence-electron chi connectivity index (χ1n) is 10.0. The average molecular weight is 439 g/mol. The third-order valence-electron chi connectivity index (χ3n) is 4.47. The Morgan fingerprint density at radius 3 is 2.23 bits per heavy atom. The second-order valence-corrected chi connectivity index (χ2v) is 9.02. The van der Waals surface area contributed by atoms with Crippen LogP contribution in [0.2, 0.25) is 0 Å². The molecule has 3 aromatic carbocycles. The Morgan fingerprint density at radius 2 is 1.58 bits per heavy atom. The SMILES string of the molecule is CCCOc1cccc(C(=O)Nc2ccc(S(=O)(=O)Nc3cc(C)cc(C)c3)cc2)c1.